The first-order chi connectivity index (χ1) is 12.8. The van der Waals surface area contributed by atoms with Crippen molar-refractivity contribution in [1.82, 2.24) is 30.4 Å². The van der Waals surface area contributed by atoms with Gasteiger partial charge < -0.3 is 15.2 Å². The van der Waals surface area contributed by atoms with Crippen molar-refractivity contribution < 1.29 is 4.52 Å². The van der Waals surface area contributed by atoms with E-state index in [-0.39, 0.29) is 24.8 Å². The average Bonchev–Trinajstić information content (AvgIpc) is 3.04. The molecule has 0 radical (unpaired) electrons. The van der Waals surface area contributed by atoms with Gasteiger partial charge in [-0.2, -0.15) is 4.98 Å². The molecule has 0 spiro atoms. The number of fused-ring (bicyclic) bond motifs is 1. The van der Waals surface area contributed by atoms with Crippen molar-refractivity contribution in [3.8, 4) is 11.4 Å². The number of aryl methyl sites for hydroxylation is 1. The molecule has 0 aromatic carbocycles. The smallest absolute Gasteiger partial charge is 0.246 e. The molecule has 3 aromatic heterocycles. The van der Waals surface area contributed by atoms with Crippen LogP contribution in [0.4, 0.5) is 5.82 Å². The molecule has 0 fully saturated rings. The third-order valence-electron chi connectivity index (χ3n) is 4.34. The van der Waals surface area contributed by atoms with Crippen LogP contribution in [0.3, 0.4) is 0 Å². The molecule has 1 aliphatic rings. The van der Waals surface area contributed by atoms with Crippen molar-refractivity contribution in [2.24, 2.45) is 0 Å². The second-order valence-electron chi connectivity index (χ2n) is 6.12. The first kappa shape index (κ1) is 22.0. The predicted molar refractivity (Wildman–Crippen MR) is 111 cm³/mol. The molecule has 4 heterocycles. The molecular formula is C18H23Cl2N7O. The molecule has 2 N–H and O–H groups in total. The van der Waals surface area contributed by atoms with E-state index in [0.29, 0.717) is 18.3 Å². The van der Waals surface area contributed by atoms with Crippen LogP contribution in [0.5, 0.6) is 0 Å². The van der Waals surface area contributed by atoms with Crippen LogP contribution in [0, 0.1) is 0 Å². The van der Waals surface area contributed by atoms with Crippen LogP contribution in [0.1, 0.15) is 29.9 Å². The lowest BCUT2D eigenvalue weighted by Crippen LogP contribution is -2.16. The Balaban J connectivity index is 0.00000140. The van der Waals surface area contributed by atoms with E-state index < -0.39 is 0 Å². The quantitative estimate of drug-likeness (QED) is 0.645. The number of hydrogen-bond donors (Lipinski definition) is 2. The summed E-state index contributed by atoms with van der Waals surface area (Å²) in [6.45, 7) is 4.37. The zero-order chi connectivity index (χ0) is 17.8. The lowest BCUT2D eigenvalue weighted by molar-refractivity contribution is 0.384. The molecule has 0 unspecified atom stereocenters. The highest BCUT2D eigenvalue weighted by Crippen LogP contribution is 2.21. The SMILES string of the molecule is CCc1nc2c(c(NCc3nc(-c4cccnc4)no3)n1)CCNCC2.Cl.Cl. The van der Waals surface area contributed by atoms with Crippen molar-refractivity contribution in [3.05, 3.63) is 47.5 Å². The van der Waals surface area contributed by atoms with Gasteiger partial charge in [0.2, 0.25) is 11.7 Å². The van der Waals surface area contributed by atoms with Crippen LogP contribution < -0.4 is 10.6 Å². The molecule has 0 amide bonds. The van der Waals surface area contributed by atoms with Crippen LogP contribution in [0.2, 0.25) is 0 Å². The van der Waals surface area contributed by atoms with Crippen LogP contribution in [0.25, 0.3) is 11.4 Å². The van der Waals surface area contributed by atoms with E-state index in [1.54, 1.807) is 12.4 Å². The highest BCUT2D eigenvalue weighted by atomic mass is 35.5. The van der Waals surface area contributed by atoms with Crippen molar-refractivity contribution in [3.63, 3.8) is 0 Å². The van der Waals surface area contributed by atoms with Crippen molar-refractivity contribution in [2.75, 3.05) is 18.4 Å². The molecule has 1 aliphatic heterocycles. The van der Waals surface area contributed by atoms with Gasteiger partial charge in [0, 0.05) is 42.9 Å². The molecule has 0 bridgehead atoms. The molecule has 0 saturated heterocycles. The van der Waals surface area contributed by atoms with E-state index in [9.17, 15) is 0 Å². The minimum absolute atomic E-state index is 0. The summed E-state index contributed by atoms with van der Waals surface area (Å²) < 4.78 is 5.36. The van der Waals surface area contributed by atoms with Crippen LogP contribution in [0.15, 0.2) is 29.0 Å². The van der Waals surface area contributed by atoms with Gasteiger partial charge >= 0.3 is 0 Å². The third-order valence-corrected chi connectivity index (χ3v) is 4.34. The molecule has 8 nitrogen and oxygen atoms in total. The Hall–Kier alpha value is -2.29. The Morgan fingerprint density at radius 2 is 2.00 bits per heavy atom. The van der Waals surface area contributed by atoms with Crippen LogP contribution in [-0.4, -0.2) is 38.2 Å². The molecule has 150 valence electrons. The second-order valence-corrected chi connectivity index (χ2v) is 6.12. The summed E-state index contributed by atoms with van der Waals surface area (Å²) in [6, 6.07) is 3.75. The van der Waals surface area contributed by atoms with E-state index in [1.807, 2.05) is 12.1 Å². The van der Waals surface area contributed by atoms with Gasteiger partial charge in [-0.05, 0) is 25.1 Å². The molecule has 3 aromatic rings. The average molecular weight is 424 g/mol. The zero-order valence-corrected chi connectivity index (χ0v) is 17.1. The van der Waals surface area contributed by atoms with Gasteiger partial charge in [0.05, 0.1) is 12.2 Å². The molecule has 0 saturated carbocycles. The van der Waals surface area contributed by atoms with Gasteiger partial charge in [0.25, 0.3) is 0 Å². The number of rotatable bonds is 5. The highest BCUT2D eigenvalue weighted by Gasteiger charge is 2.17. The van der Waals surface area contributed by atoms with Gasteiger partial charge in [0.15, 0.2) is 0 Å². The first-order valence-corrected chi connectivity index (χ1v) is 8.89. The maximum atomic E-state index is 5.36. The fraction of sp³-hybridized carbons (Fsp3) is 0.389. The third kappa shape index (κ3) is 4.95. The van der Waals surface area contributed by atoms with Crippen LogP contribution >= 0.6 is 24.8 Å². The number of halogens is 2. The molecule has 10 heteroatoms. The summed E-state index contributed by atoms with van der Waals surface area (Å²) in [6.07, 6.45) is 6.07. The number of nitrogens with zero attached hydrogens (tertiary/aromatic N) is 5. The van der Waals surface area contributed by atoms with E-state index >= 15 is 0 Å². The van der Waals surface area contributed by atoms with Crippen LogP contribution in [-0.2, 0) is 25.8 Å². The molecule has 28 heavy (non-hydrogen) atoms. The van der Waals surface area contributed by atoms with Gasteiger partial charge in [-0.25, -0.2) is 9.97 Å². The second kappa shape index (κ2) is 10.3. The van der Waals surface area contributed by atoms with Crippen molar-refractivity contribution in [2.45, 2.75) is 32.7 Å². The number of hydrogen-bond acceptors (Lipinski definition) is 8. The van der Waals surface area contributed by atoms with E-state index in [4.69, 9.17) is 9.51 Å². The Labute approximate surface area is 175 Å². The Kier molecular flexibility index (Phi) is 8.10. The molecule has 4 rings (SSSR count). The summed E-state index contributed by atoms with van der Waals surface area (Å²) in [5.74, 6) is 2.78. The zero-order valence-electron chi connectivity index (χ0n) is 15.5. The van der Waals surface area contributed by atoms with E-state index in [2.05, 4.69) is 37.7 Å². The summed E-state index contributed by atoms with van der Waals surface area (Å²) in [7, 11) is 0. The van der Waals surface area contributed by atoms with E-state index in [1.165, 1.54) is 5.56 Å². The highest BCUT2D eigenvalue weighted by molar-refractivity contribution is 5.85. The molecule has 0 aliphatic carbocycles. The maximum Gasteiger partial charge on any atom is 0.246 e. The Morgan fingerprint density at radius 1 is 1.14 bits per heavy atom. The standard InChI is InChI=1S/C18H21N7O.2ClH/c1-2-15-22-14-6-9-19-8-5-13(14)18(23-15)21-11-16-24-17(25-26-16)12-4-3-7-20-10-12;;/h3-4,7,10,19H,2,5-6,8-9,11H2,1H3,(H,21,22,23);2*1H. The number of anilines is 1. The minimum atomic E-state index is 0. The summed E-state index contributed by atoms with van der Waals surface area (Å²) in [5, 5.41) is 10.8. The topological polar surface area (TPSA) is 102 Å². The summed E-state index contributed by atoms with van der Waals surface area (Å²) >= 11 is 0. The van der Waals surface area contributed by atoms with E-state index in [0.717, 1.165) is 55.3 Å². The van der Waals surface area contributed by atoms with Gasteiger partial charge in [-0.3, -0.25) is 4.98 Å². The molecule has 0 atom stereocenters. The van der Waals surface area contributed by atoms with Gasteiger partial charge in [0.1, 0.15) is 11.6 Å². The monoisotopic (exact) mass is 423 g/mol. The fourth-order valence-corrected chi connectivity index (χ4v) is 3.00. The van der Waals surface area contributed by atoms with Gasteiger partial charge in [-0.1, -0.05) is 12.1 Å². The Bertz CT molecular complexity index is 889. The normalized spacial score (nSPS) is 12.9. The lowest BCUT2D eigenvalue weighted by Gasteiger charge is -2.13. The van der Waals surface area contributed by atoms with Crippen molar-refractivity contribution >= 4 is 30.6 Å². The Morgan fingerprint density at radius 3 is 2.79 bits per heavy atom. The summed E-state index contributed by atoms with van der Waals surface area (Å²) in [4.78, 5) is 17.9. The minimum Gasteiger partial charge on any atom is -0.361 e. The predicted octanol–water partition coefficient (Wildman–Crippen LogP) is 2.63. The first-order valence-electron chi connectivity index (χ1n) is 8.89. The maximum absolute atomic E-state index is 5.36. The van der Waals surface area contributed by atoms with Crippen molar-refractivity contribution in [1.29, 1.82) is 0 Å². The largest absolute Gasteiger partial charge is 0.361 e. The fourth-order valence-electron chi connectivity index (χ4n) is 3.00. The lowest BCUT2D eigenvalue weighted by atomic mass is 10.1. The van der Waals surface area contributed by atoms with Gasteiger partial charge in [-0.15, -0.1) is 24.8 Å². The number of pyridine rings is 1. The summed E-state index contributed by atoms with van der Waals surface area (Å²) in [5.41, 5.74) is 3.14. The number of nitrogens with one attached hydrogen (secondary N) is 2. The molecular weight excluding hydrogens is 401 g/mol. The number of aromatic nitrogens is 5.